The maximum atomic E-state index is 5.70. The number of nitrogens with zero attached hydrogens (tertiary/aromatic N) is 1. The highest BCUT2D eigenvalue weighted by Gasteiger charge is 1.98. The zero-order valence-electron chi connectivity index (χ0n) is 11.0. The lowest BCUT2D eigenvalue weighted by Gasteiger charge is -2.09. The molecular weight excluding hydrogens is 214 g/mol. The maximum Gasteiger partial charge on any atom is 0.126 e. The molecule has 0 bridgehead atoms. The molecule has 1 aromatic heterocycles. The van der Waals surface area contributed by atoms with Crippen LogP contribution in [-0.4, -0.2) is 24.7 Å². The van der Waals surface area contributed by atoms with Gasteiger partial charge in [0.25, 0.3) is 0 Å². The van der Waals surface area contributed by atoms with Gasteiger partial charge in [0.05, 0.1) is 11.4 Å². The van der Waals surface area contributed by atoms with Gasteiger partial charge in [-0.05, 0) is 31.4 Å². The number of anilines is 2. The molecule has 0 radical (unpaired) electrons. The number of hydrogen-bond donors (Lipinski definition) is 2. The summed E-state index contributed by atoms with van der Waals surface area (Å²) in [5.41, 5.74) is 7.30. The molecule has 1 rings (SSSR count). The molecule has 3 N–H and O–H groups in total. The number of nitrogen functional groups attached to an aromatic ring is 1. The number of pyridine rings is 1. The minimum atomic E-state index is 0.601. The summed E-state index contributed by atoms with van der Waals surface area (Å²) in [5, 5.41) is 3.25. The van der Waals surface area contributed by atoms with Gasteiger partial charge in [-0.2, -0.15) is 0 Å². The van der Waals surface area contributed by atoms with Crippen molar-refractivity contribution in [2.75, 3.05) is 30.8 Å². The zero-order chi connectivity index (χ0) is 12.7. The van der Waals surface area contributed by atoms with Gasteiger partial charge in [0.15, 0.2) is 0 Å². The van der Waals surface area contributed by atoms with Gasteiger partial charge in [0.2, 0.25) is 0 Å². The molecule has 0 spiro atoms. The van der Waals surface area contributed by atoms with Crippen LogP contribution in [0.2, 0.25) is 0 Å². The van der Waals surface area contributed by atoms with Crippen LogP contribution in [0.3, 0.4) is 0 Å². The van der Waals surface area contributed by atoms with Crippen LogP contribution in [0.15, 0.2) is 12.1 Å². The van der Waals surface area contributed by atoms with Crippen molar-refractivity contribution in [3.8, 4) is 0 Å². The van der Waals surface area contributed by atoms with Crippen LogP contribution in [0.1, 0.15) is 26.0 Å². The number of ether oxygens (including phenoxy) is 1. The summed E-state index contributed by atoms with van der Waals surface area (Å²) in [5.74, 6) is 1.48. The molecule has 1 heterocycles. The van der Waals surface area contributed by atoms with Crippen molar-refractivity contribution in [3.63, 3.8) is 0 Å². The van der Waals surface area contributed by atoms with Gasteiger partial charge < -0.3 is 15.8 Å². The molecule has 4 heteroatoms. The minimum absolute atomic E-state index is 0.601. The summed E-state index contributed by atoms with van der Waals surface area (Å²) in [6, 6.07) is 3.78. The highest BCUT2D eigenvalue weighted by molar-refractivity contribution is 5.48. The number of hydrogen-bond acceptors (Lipinski definition) is 4. The monoisotopic (exact) mass is 237 g/mol. The van der Waals surface area contributed by atoms with E-state index in [1.54, 1.807) is 0 Å². The Kier molecular flexibility index (Phi) is 5.77. The minimum Gasteiger partial charge on any atom is -0.397 e. The smallest absolute Gasteiger partial charge is 0.126 e. The summed E-state index contributed by atoms with van der Waals surface area (Å²) in [4.78, 5) is 4.34. The highest BCUT2D eigenvalue weighted by Crippen LogP contribution is 2.11. The van der Waals surface area contributed by atoms with Crippen molar-refractivity contribution < 1.29 is 4.74 Å². The van der Waals surface area contributed by atoms with E-state index >= 15 is 0 Å². The molecule has 0 aliphatic heterocycles. The molecule has 1 aromatic rings. The third-order valence-corrected chi connectivity index (χ3v) is 2.35. The molecule has 0 aromatic carbocycles. The first-order chi connectivity index (χ1) is 8.09. The van der Waals surface area contributed by atoms with Crippen molar-refractivity contribution in [2.45, 2.75) is 27.2 Å². The summed E-state index contributed by atoms with van der Waals surface area (Å²) >= 11 is 0. The second kappa shape index (κ2) is 7.12. The normalized spacial score (nSPS) is 10.8. The average Bonchev–Trinajstić information content (AvgIpc) is 2.27. The van der Waals surface area contributed by atoms with Gasteiger partial charge in [0.1, 0.15) is 5.82 Å². The maximum absolute atomic E-state index is 5.70. The van der Waals surface area contributed by atoms with Crippen molar-refractivity contribution in [3.05, 3.63) is 17.8 Å². The molecule has 4 nitrogen and oxygen atoms in total. The fourth-order valence-corrected chi connectivity index (χ4v) is 1.38. The quantitative estimate of drug-likeness (QED) is 0.715. The average molecular weight is 237 g/mol. The largest absolute Gasteiger partial charge is 0.397 e. The first kappa shape index (κ1) is 13.8. The van der Waals surface area contributed by atoms with E-state index in [1.165, 1.54) is 0 Å². The second-order valence-electron chi connectivity index (χ2n) is 4.62. The molecule has 0 amide bonds. The Morgan fingerprint density at radius 2 is 2.18 bits per heavy atom. The van der Waals surface area contributed by atoms with Gasteiger partial charge in [-0.25, -0.2) is 4.98 Å². The van der Waals surface area contributed by atoms with Crippen molar-refractivity contribution in [1.82, 2.24) is 4.98 Å². The highest BCUT2D eigenvalue weighted by atomic mass is 16.5. The predicted molar refractivity (Wildman–Crippen MR) is 72.2 cm³/mol. The lowest BCUT2D eigenvalue weighted by Crippen LogP contribution is -2.09. The van der Waals surface area contributed by atoms with E-state index in [2.05, 4.69) is 24.1 Å². The number of aromatic nitrogens is 1. The van der Waals surface area contributed by atoms with Crippen molar-refractivity contribution in [2.24, 2.45) is 5.92 Å². The Balaban J connectivity index is 2.16. The SMILES string of the molecule is Cc1nc(NCCCOCC(C)C)ccc1N. The van der Waals surface area contributed by atoms with Gasteiger partial charge in [0, 0.05) is 19.8 Å². The Hall–Kier alpha value is -1.29. The summed E-state index contributed by atoms with van der Waals surface area (Å²) < 4.78 is 5.50. The number of nitrogens with one attached hydrogen (secondary N) is 1. The van der Waals surface area contributed by atoms with E-state index in [0.717, 1.165) is 43.4 Å². The van der Waals surface area contributed by atoms with E-state index in [1.807, 2.05) is 19.1 Å². The van der Waals surface area contributed by atoms with Gasteiger partial charge in [-0.15, -0.1) is 0 Å². The van der Waals surface area contributed by atoms with Crippen LogP contribution in [0.4, 0.5) is 11.5 Å². The first-order valence-corrected chi connectivity index (χ1v) is 6.14. The van der Waals surface area contributed by atoms with Crippen LogP contribution < -0.4 is 11.1 Å². The standard InChI is InChI=1S/C13H23N3O/c1-10(2)9-17-8-4-7-15-13-6-5-12(14)11(3)16-13/h5-6,10H,4,7-9,14H2,1-3H3,(H,15,16). The van der Waals surface area contributed by atoms with E-state index in [0.29, 0.717) is 5.92 Å². The molecule has 0 aliphatic carbocycles. The number of nitrogens with two attached hydrogens (primary N) is 1. The van der Waals surface area contributed by atoms with Gasteiger partial charge >= 0.3 is 0 Å². The number of rotatable bonds is 7. The lowest BCUT2D eigenvalue weighted by atomic mass is 10.2. The predicted octanol–water partition coefficient (Wildman–Crippen LogP) is 2.45. The van der Waals surface area contributed by atoms with Crippen molar-refractivity contribution in [1.29, 1.82) is 0 Å². The fourth-order valence-electron chi connectivity index (χ4n) is 1.38. The Labute approximate surface area is 104 Å². The summed E-state index contributed by atoms with van der Waals surface area (Å²) in [7, 11) is 0. The van der Waals surface area contributed by atoms with Crippen LogP contribution in [0, 0.1) is 12.8 Å². The van der Waals surface area contributed by atoms with Crippen LogP contribution in [0.25, 0.3) is 0 Å². The topological polar surface area (TPSA) is 60.2 Å². The number of aryl methyl sites for hydroxylation is 1. The van der Waals surface area contributed by atoms with Crippen LogP contribution in [0.5, 0.6) is 0 Å². The van der Waals surface area contributed by atoms with E-state index < -0.39 is 0 Å². The fraction of sp³-hybridized carbons (Fsp3) is 0.615. The third kappa shape index (κ3) is 5.54. The van der Waals surface area contributed by atoms with E-state index in [-0.39, 0.29) is 0 Å². The molecule has 17 heavy (non-hydrogen) atoms. The summed E-state index contributed by atoms with van der Waals surface area (Å²) in [6.45, 7) is 8.71. The van der Waals surface area contributed by atoms with Gasteiger partial charge in [-0.3, -0.25) is 0 Å². The molecule has 0 saturated heterocycles. The zero-order valence-corrected chi connectivity index (χ0v) is 11.0. The van der Waals surface area contributed by atoms with Crippen LogP contribution in [-0.2, 0) is 4.74 Å². The Morgan fingerprint density at radius 3 is 2.82 bits per heavy atom. The van der Waals surface area contributed by atoms with Gasteiger partial charge in [-0.1, -0.05) is 13.8 Å². The van der Waals surface area contributed by atoms with Crippen molar-refractivity contribution >= 4 is 11.5 Å². The first-order valence-electron chi connectivity index (χ1n) is 6.14. The molecule has 0 unspecified atom stereocenters. The lowest BCUT2D eigenvalue weighted by molar-refractivity contribution is 0.110. The second-order valence-corrected chi connectivity index (χ2v) is 4.62. The van der Waals surface area contributed by atoms with Crippen LogP contribution >= 0.6 is 0 Å². The van der Waals surface area contributed by atoms with E-state index in [4.69, 9.17) is 10.5 Å². The summed E-state index contributed by atoms with van der Waals surface area (Å²) in [6.07, 6.45) is 0.984. The molecule has 0 atom stereocenters. The molecule has 96 valence electrons. The molecule has 0 aliphatic rings. The molecule has 0 fully saturated rings. The Bertz CT molecular complexity index is 339. The van der Waals surface area contributed by atoms with E-state index in [9.17, 15) is 0 Å². The third-order valence-electron chi connectivity index (χ3n) is 2.35. The Morgan fingerprint density at radius 1 is 1.41 bits per heavy atom. The molecular formula is C13H23N3O. The molecule has 0 saturated carbocycles.